The molecule has 1 spiro atoms. The Morgan fingerprint density at radius 2 is 2.23 bits per heavy atom. The van der Waals surface area contributed by atoms with Crippen LogP contribution >= 0.6 is 15.9 Å². The Morgan fingerprint density at radius 3 is 2.91 bits per heavy atom. The van der Waals surface area contributed by atoms with E-state index in [0.29, 0.717) is 39.0 Å². The molecule has 2 heterocycles. The SMILES string of the molecule is CCOC(=O)N1CCC2(CC1)C[C@@H](O)c1cc(Br)ccc1O2. The van der Waals surface area contributed by atoms with Gasteiger partial charge in [-0.1, -0.05) is 15.9 Å². The van der Waals surface area contributed by atoms with Crippen molar-refractivity contribution in [2.75, 3.05) is 19.7 Å². The molecule has 0 unspecified atom stereocenters. The quantitative estimate of drug-likeness (QED) is 0.825. The molecule has 1 fully saturated rings. The maximum atomic E-state index is 11.8. The van der Waals surface area contributed by atoms with E-state index in [4.69, 9.17) is 9.47 Å². The van der Waals surface area contributed by atoms with Gasteiger partial charge in [-0.25, -0.2) is 4.79 Å². The molecule has 0 radical (unpaired) electrons. The molecule has 22 heavy (non-hydrogen) atoms. The van der Waals surface area contributed by atoms with E-state index in [1.165, 1.54) is 0 Å². The fraction of sp³-hybridized carbons (Fsp3) is 0.562. The van der Waals surface area contributed by atoms with Gasteiger partial charge in [0.1, 0.15) is 11.4 Å². The number of likely N-dealkylation sites (tertiary alicyclic amines) is 1. The lowest BCUT2D eigenvalue weighted by Gasteiger charge is -2.45. The number of carbonyl (C=O) groups is 1. The second-order valence-corrected chi connectivity index (χ2v) is 6.79. The Hall–Kier alpha value is -1.27. The smallest absolute Gasteiger partial charge is 0.409 e. The van der Waals surface area contributed by atoms with Gasteiger partial charge in [0, 0.05) is 42.4 Å². The summed E-state index contributed by atoms with van der Waals surface area (Å²) >= 11 is 3.42. The number of aliphatic hydroxyl groups excluding tert-OH is 1. The molecule has 0 saturated carbocycles. The molecule has 1 N–H and O–H groups in total. The molecule has 2 aliphatic rings. The van der Waals surface area contributed by atoms with Gasteiger partial charge in [0.15, 0.2) is 0 Å². The van der Waals surface area contributed by atoms with E-state index in [1.54, 1.807) is 11.8 Å². The number of aliphatic hydroxyl groups is 1. The van der Waals surface area contributed by atoms with Crippen molar-refractivity contribution in [3.63, 3.8) is 0 Å². The molecule has 5 nitrogen and oxygen atoms in total. The number of fused-ring (bicyclic) bond motifs is 1. The summed E-state index contributed by atoms with van der Waals surface area (Å²) in [6, 6.07) is 5.71. The molecule has 1 aromatic rings. The van der Waals surface area contributed by atoms with Crippen molar-refractivity contribution in [3.8, 4) is 5.75 Å². The first-order valence-corrected chi connectivity index (χ1v) is 8.40. The molecule has 120 valence electrons. The van der Waals surface area contributed by atoms with E-state index in [-0.39, 0.29) is 11.7 Å². The van der Waals surface area contributed by atoms with Crippen LogP contribution in [0.15, 0.2) is 22.7 Å². The molecule has 3 rings (SSSR count). The summed E-state index contributed by atoms with van der Waals surface area (Å²) < 4.78 is 12.2. The fourth-order valence-corrected chi connectivity index (χ4v) is 3.61. The predicted octanol–water partition coefficient (Wildman–Crippen LogP) is 3.26. The van der Waals surface area contributed by atoms with Crippen molar-refractivity contribution >= 4 is 22.0 Å². The lowest BCUT2D eigenvalue weighted by Crippen LogP contribution is -2.51. The summed E-state index contributed by atoms with van der Waals surface area (Å²) in [5.74, 6) is 0.742. The maximum absolute atomic E-state index is 11.8. The molecule has 1 saturated heterocycles. The van der Waals surface area contributed by atoms with Gasteiger partial charge in [-0.3, -0.25) is 0 Å². The van der Waals surface area contributed by atoms with Gasteiger partial charge in [-0.05, 0) is 25.1 Å². The normalized spacial score (nSPS) is 22.9. The van der Waals surface area contributed by atoms with Crippen LogP contribution in [0.3, 0.4) is 0 Å². The zero-order valence-corrected chi connectivity index (χ0v) is 14.1. The Labute approximate surface area is 138 Å². The van der Waals surface area contributed by atoms with E-state index in [0.717, 1.165) is 15.8 Å². The summed E-state index contributed by atoms with van der Waals surface area (Å²) in [5, 5.41) is 10.5. The van der Waals surface area contributed by atoms with Crippen molar-refractivity contribution < 1.29 is 19.4 Å². The molecule has 6 heteroatoms. The van der Waals surface area contributed by atoms with Crippen LogP contribution in [0.1, 0.15) is 37.9 Å². The van der Waals surface area contributed by atoms with Gasteiger partial charge in [-0.2, -0.15) is 0 Å². The molecular weight excluding hydrogens is 350 g/mol. The van der Waals surface area contributed by atoms with Crippen LogP contribution in [-0.4, -0.2) is 41.4 Å². The fourth-order valence-electron chi connectivity index (χ4n) is 3.23. The highest BCUT2D eigenvalue weighted by molar-refractivity contribution is 9.10. The Morgan fingerprint density at radius 1 is 1.50 bits per heavy atom. The van der Waals surface area contributed by atoms with Crippen molar-refractivity contribution in [3.05, 3.63) is 28.2 Å². The first kappa shape index (κ1) is 15.6. The first-order valence-electron chi connectivity index (χ1n) is 7.61. The van der Waals surface area contributed by atoms with Crippen molar-refractivity contribution in [2.45, 2.75) is 37.9 Å². The largest absolute Gasteiger partial charge is 0.487 e. The van der Waals surface area contributed by atoms with Crippen LogP contribution in [-0.2, 0) is 4.74 Å². The monoisotopic (exact) mass is 369 g/mol. The van der Waals surface area contributed by atoms with Gasteiger partial charge in [0.25, 0.3) is 0 Å². The van der Waals surface area contributed by atoms with E-state index in [2.05, 4.69) is 15.9 Å². The van der Waals surface area contributed by atoms with Crippen LogP contribution < -0.4 is 4.74 Å². The van der Waals surface area contributed by atoms with E-state index >= 15 is 0 Å². The van der Waals surface area contributed by atoms with Crippen molar-refractivity contribution in [2.24, 2.45) is 0 Å². The van der Waals surface area contributed by atoms with Crippen LogP contribution in [0.5, 0.6) is 5.75 Å². The third-order valence-corrected chi connectivity index (χ3v) is 4.92. The van der Waals surface area contributed by atoms with E-state index in [9.17, 15) is 9.90 Å². The van der Waals surface area contributed by atoms with E-state index in [1.807, 2.05) is 18.2 Å². The topological polar surface area (TPSA) is 59.0 Å². The second-order valence-electron chi connectivity index (χ2n) is 5.87. The molecule has 1 atom stereocenters. The number of hydrogen-bond donors (Lipinski definition) is 1. The Balaban J connectivity index is 1.72. The van der Waals surface area contributed by atoms with Crippen LogP contribution in [0.2, 0.25) is 0 Å². The number of amides is 1. The average molecular weight is 370 g/mol. The molecule has 0 aliphatic carbocycles. The molecule has 0 bridgehead atoms. The second kappa shape index (κ2) is 6.08. The number of carbonyl (C=O) groups excluding carboxylic acids is 1. The maximum Gasteiger partial charge on any atom is 0.409 e. The van der Waals surface area contributed by atoms with Crippen LogP contribution in [0, 0.1) is 0 Å². The van der Waals surface area contributed by atoms with Crippen LogP contribution in [0.25, 0.3) is 0 Å². The number of hydrogen-bond acceptors (Lipinski definition) is 4. The number of piperidine rings is 1. The number of benzene rings is 1. The molecule has 1 aromatic carbocycles. The summed E-state index contributed by atoms with van der Waals surface area (Å²) in [6.45, 7) is 3.38. The van der Waals surface area contributed by atoms with Gasteiger partial charge in [0.2, 0.25) is 0 Å². The number of halogens is 1. The first-order chi connectivity index (χ1) is 10.5. The average Bonchev–Trinajstić information content (AvgIpc) is 2.49. The Bertz CT molecular complexity index is 569. The minimum Gasteiger partial charge on any atom is -0.487 e. The zero-order valence-electron chi connectivity index (χ0n) is 12.5. The van der Waals surface area contributed by atoms with Gasteiger partial charge in [-0.15, -0.1) is 0 Å². The third kappa shape index (κ3) is 2.94. The molecule has 2 aliphatic heterocycles. The molecule has 0 aromatic heterocycles. The Kier molecular flexibility index (Phi) is 4.32. The highest BCUT2D eigenvalue weighted by atomic mass is 79.9. The summed E-state index contributed by atoms with van der Waals surface area (Å²) in [5.41, 5.74) is 0.441. The number of rotatable bonds is 1. The number of nitrogens with zero attached hydrogens (tertiary/aromatic N) is 1. The van der Waals surface area contributed by atoms with Crippen LogP contribution in [0.4, 0.5) is 4.79 Å². The summed E-state index contributed by atoms with van der Waals surface area (Å²) in [4.78, 5) is 13.5. The van der Waals surface area contributed by atoms with Crippen molar-refractivity contribution in [1.29, 1.82) is 0 Å². The van der Waals surface area contributed by atoms with Gasteiger partial charge < -0.3 is 19.5 Å². The van der Waals surface area contributed by atoms with Gasteiger partial charge >= 0.3 is 6.09 Å². The number of ether oxygens (including phenoxy) is 2. The summed E-state index contributed by atoms with van der Waals surface area (Å²) in [7, 11) is 0. The lowest BCUT2D eigenvalue weighted by molar-refractivity contribution is -0.0517. The highest BCUT2D eigenvalue weighted by Gasteiger charge is 2.43. The minimum absolute atomic E-state index is 0.266. The lowest BCUT2D eigenvalue weighted by atomic mass is 9.82. The highest BCUT2D eigenvalue weighted by Crippen LogP contribution is 2.45. The predicted molar refractivity (Wildman–Crippen MR) is 84.9 cm³/mol. The summed E-state index contributed by atoms with van der Waals surface area (Å²) in [6.07, 6.45) is 1.18. The standard InChI is InChI=1S/C16H20BrNO4/c1-2-21-15(20)18-7-5-16(6-8-18)10-13(19)12-9-11(17)3-4-14(12)22-16/h3-4,9,13,19H,2,5-8,10H2,1H3/t13-/m1/s1. The molecular formula is C16H20BrNO4. The minimum atomic E-state index is -0.532. The molecule has 1 amide bonds. The van der Waals surface area contributed by atoms with Crippen molar-refractivity contribution in [1.82, 2.24) is 4.90 Å². The zero-order chi connectivity index (χ0) is 15.7. The third-order valence-electron chi connectivity index (χ3n) is 4.42. The van der Waals surface area contributed by atoms with Gasteiger partial charge in [0.05, 0.1) is 12.7 Å². The van der Waals surface area contributed by atoms with E-state index < -0.39 is 6.10 Å².